The predicted molar refractivity (Wildman–Crippen MR) is 77.8 cm³/mol. The number of halogens is 1. The number of anilines is 1. The van der Waals surface area contributed by atoms with Crippen LogP contribution in [0.15, 0.2) is 33.9 Å². The summed E-state index contributed by atoms with van der Waals surface area (Å²) < 4.78 is 0.983. The highest BCUT2D eigenvalue weighted by Crippen LogP contribution is 2.21. The minimum absolute atomic E-state index is 0.713. The molecule has 4 nitrogen and oxygen atoms in total. The average Bonchev–Trinajstić information content (AvgIpc) is 2.37. The monoisotopic (exact) mass is 324 g/mol. The molecule has 0 aliphatic rings. The molecule has 0 bridgehead atoms. The zero-order chi connectivity index (χ0) is 13.0. The Kier molecular flexibility index (Phi) is 4.54. The van der Waals surface area contributed by atoms with E-state index in [1.165, 1.54) is 0 Å². The van der Waals surface area contributed by atoms with Crippen molar-refractivity contribution in [1.29, 1.82) is 0 Å². The Morgan fingerprint density at radius 2 is 2.17 bits per heavy atom. The maximum atomic E-state index is 4.41. The molecular formula is C12H13BrN4S. The van der Waals surface area contributed by atoms with Crippen LogP contribution in [0.4, 0.5) is 5.82 Å². The smallest absolute Gasteiger partial charge is 0.141 e. The summed E-state index contributed by atoms with van der Waals surface area (Å²) in [6.45, 7) is 1.97. The first kappa shape index (κ1) is 13.3. The molecule has 2 aromatic heterocycles. The molecule has 2 aromatic rings. The fraction of sp³-hybridized carbons (Fsp3) is 0.250. The standard InChI is InChI=1S/C12H13BrN4S/c1-8-5-10(14-2)17-11(16-8)7-18-12-4-3-9(13)6-15-12/h3-6H,7H2,1-2H3,(H,14,16,17). The van der Waals surface area contributed by atoms with Crippen molar-refractivity contribution < 1.29 is 0 Å². The van der Waals surface area contributed by atoms with E-state index in [4.69, 9.17) is 0 Å². The van der Waals surface area contributed by atoms with Gasteiger partial charge in [0.05, 0.1) is 10.8 Å². The van der Waals surface area contributed by atoms with Crippen molar-refractivity contribution in [3.63, 3.8) is 0 Å². The highest BCUT2D eigenvalue weighted by Gasteiger charge is 2.03. The molecule has 0 unspecified atom stereocenters. The normalized spacial score (nSPS) is 10.4. The first-order valence-electron chi connectivity index (χ1n) is 5.44. The molecule has 0 fully saturated rings. The van der Waals surface area contributed by atoms with E-state index in [9.17, 15) is 0 Å². The summed E-state index contributed by atoms with van der Waals surface area (Å²) in [6.07, 6.45) is 1.79. The van der Waals surface area contributed by atoms with Crippen molar-refractivity contribution in [1.82, 2.24) is 15.0 Å². The van der Waals surface area contributed by atoms with Gasteiger partial charge in [0.2, 0.25) is 0 Å². The van der Waals surface area contributed by atoms with Gasteiger partial charge in [-0.25, -0.2) is 15.0 Å². The lowest BCUT2D eigenvalue weighted by Gasteiger charge is -2.05. The van der Waals surface area contributed by atoms with Crippen LogP contribution < -0.4 is 5.32 Å². The summed E-state index contributed by atoms with van der Waals surface area (Å²) in [7, 11) is 1.86. The number of aryl methyl sites for hydroxylation is 1. The number of hydrogen-bond acceptors (Lipinski definition) is 5. The zero-order valence-electron chi connectivity index (χ0n) is 10.1. The molecular weight excluding hydrogens is 312 g/mol. The van der Waals surface area contributed by atoms with E-state index >= 15 is 0 Å². The van der Waals surface area contributed by atoms with E-state index in [1.54, 1.807) is 18.0 Å². The summed E-state index contributed by atoms with van der Waals surface area (Å²) in [4.78, 5) is 13.1. The molecule has 0 aromatic carbocycles. The van der Waals surface area contributed by atoms with Crippen molar-refractivity contribution in [2.24, 2.45) is 0 Å². The van der Waals surface area contributed by atoms with Crippen LogP contribution in [0.3, 0.4) is 0 Å². The summed E-state index contributed by atoms with van der Waals surface area (Å²) in [6, 6.07) is 5.88. The molecule has 0 radical (unpaired) electrons. The maximum Gasteiger partial charge on any atom is 0.141 e. The molecule has 0 atom stereocenters. The molecule has 2 rings (SSSR count). The Morgan fingerprint density at radius 3 is 2.83 bits per heavy atom. The fourth-order valence-corrected chi connectivity index (χ4v) is 2.34. The van der Waals surface area contributed by atoms with Gasteiger partial charge in [-0.1, -0.05) is 11.8 Å². The average molecular weight is 325 g/mol. The zero-order valence-corrected chi connectivity index (χ0v) is 12.5. The highest BCUT2D eigenvalue weighted by molar-refractivity contribution is 9.10. The van der Waals surface area contributed by atoms with E-state index in [1.807, 2.05) is 32.2 Å². The van der Waals surface area contributed by atoms with Gasteiger partial charge in [0.1, 0.15) is 11.6 Å². The van der Waals surface area contributed by atoms with Gasteiger partial charge in [0.25, 0.3) is 0 Å². The van der Waals surface area contributed by atoms with Crippen molar-refractivity contribution in [2.45, 2.75) is 17.7 Å². The van der Waals surface area contributed by atoms with E-state index < -0.39 is 0 Å². The molecule has 18 heavy (non-hydrogen) atoms. The van der Waals surface area contributed by atoms with Crippen LogP contribution in [-0.4, -0.2) is 22.0 Å². The SMILES string of the molecule is CNc1cc(C)nc(CSc2ccc(Br)cn2)n1. The van der Waals surface area contributed by atoms with Crippen LogP contribution in [-0.2, 0) is 5.75 Å². The minimum atomic E-state index is 0.713. The van der Waals surface area contributed by atoms with Crippen LogP contribution in [0.25, 0.3) is 0 Å². The Balaban J connectivity index is 2.05. The number of nitrogens with one attached hydrogen (secondary N) is 1. The first-order chi connectivity index (χ1) is 8.67. The van der Waals surface area contributed by atoms with Crippen LogP contribution in [0.5, 0.6) is 0 Å². The summed E-state index contributed by atoms with van der Waals surface area (Å²) >= 11 is 4.99. The third kappa shape index (κ3) is 3.68. The fourth-order valence-electron chi connectivity index (χ4n) is 1.41. The van der Waals surface area contributed by atoms with Crippen molar-refractivity contribution >= 4 is 33.5 Å². The largest absolute Gasteiger partial charge is 0.373 e. The topological polar surface area (TPSA) is 50.7 Å². The van der Waals surface area contributed by atoms with Gasteiger partial charge < -0.3 is 5.32 Å². The third-order valence-electron chi connectivity index (χ3n) is 2.21. The molecule has 0 amide bonds. The number of hydrogen-bond donors (Lipinski definition) is 1. The van der Waals surface area contributed by atoms with E-state index in [0.29, 0.717) is 5.75 Å². The van der Waals surface area contributed by atoms with Crippen LogP contribution in [0.2, 0.25) is 0 Å². The quantitative estimate of drug-likeness (QED) is 0.875. The third-order valence-corrected chi connectivity index (χ3v) is 3.61. The predicted octanol–water partition coefficient (Wildman–Crippen LogP) is 3.28. The lowest BCUT2D eigenvalue weighted by atomic mass is 10.4. The number of pyridine rings is 1. The van der Waals surface area contributed by atoms with Crippen LogP contribution in [0, 0.1) is 6.92 Å². The number of thioether (sulfide) groups is 1. The molecule has 6 heteroatoms. The van der Waals surface area contributed by atoms with Crippen molar-refractivity contribution in [3.05, 3.63) is 40.4 Å². The van der Waals surface area contributed by atoms with E-state index in [-0.39, 0.29) is 0 Å². The Hall–Kier alpha value is -1.14. The van der Waals surface area contributed by atoms with E-state index in [2.05, 4.69) is 36.2 Å². The first-order valence-corrected chi connectivity index (χ1v) is 7.22. The molecule has 94 valence electrons. The summed E-state index contributed by atoms with van der Waals surface area (Å²) in [5, 5.41) is 4.00. The Morgan fingerprint density at radius 1 is 1.33 bits per heavy atom. The second kappa shape index (κ2) is 6.15. The second-order valence-electron chi connectivity index (χ2n) is 3.66. The van der Waals surface area contributed by atoms with Crippen molar-refractivity contribution in [2.75, 3.05) is 12.4 Å². The lowest BCUT2D eigenvalue weighted by molar-refractivity contribution is 0.993. The van der Waals surface area contributed by atoms with E-state index in [0.717, 1.165) is 26.8 Å². The Bertz CT molecular complexity index is 530. The highest BCUT2D eigenvalue weighted by atomic mass is 79.9. The molecule has 2 heterocycles. The molecule has 0 saturated heterocycles. The molecule has 1 N–H and O–H groups in total. The maximum absolute atomic E-state index is 4.41. The summed E-state index contributed by atoms with van der Waals surface area (Å²) in [5.74, 6) is 2.38. The van der Waals surface area contributed by atoms with Crippen LogP contribution >= 0.6 is 27.7 Å². The molecule has 0 saturated carbocycles. The van der Waals surface area contributed by atoms with Gasteiger partial charge in [0.15, 0.2) is 0 Å². The Labute approximate surface area is 119 Å². The molecule has 0 aliphatic carbocycles. The lowest BCUT2D eigenvalue weighted by Crippen LogP contribution is -2.00. The molecule has 0 aliphatic heterocycles. The van der Waals surface area contributed by atoms with Gasteiger partial charge in [-0.2, -0.15) is 0 Å². The number of aromatic nitrogens is 3. The van der Waals surface area contributed by atoms with Gasteiger partial charge in [-0.05, 0) is 35.0 Å². The van der Waals surface area contributed by atoms with Gasteiger partial charge in [-0.15, -0.1) is 0 Å². The van der Waals surface area contributed by atoms with Crippen molar-refractivity contribution in [3.8, 4) is 0 Å². The van der Waals surface area contributed by atoms with Crippen LogP contribution in [0.1, 0.15) is 11.5 Å². The number of nitrogens with zero attached hydrogens (tertiary/aromatic N) is 3. The van der Waals surface area contributed by atoms with Gasteiger partial charge in [0, 0.05) is 29.5 Å². The second-order valence-corrected chi connectivity index (χ2v) is 5.58. The molecule has 0 spiro atoms. The number of rotatable bonds is 4. The van der Waals surface area contributed by atoms with Gasteiger partial charge in [-0.3, -0.25) is 0 Å². The summed E-state index contributed by atoms with van der Waals surface area (Å²) in [5.41, 5.74) is 0.966. The van der Waals surface area contributed by atoms with Gasteiger partial charge >= 0.3 is 0 Å². The minimum Gasteiger partial charge on any atom is -0.373 e.